The van der Waals surface area contributed by atoms with Crippen molar-refractivity contribution in [2.75, 3.05) is 19.8 Å². The van der Waals surface area contributed by atoms with E-state index >= 15 is 0 Å². The molecule has 0 aliphatic rings. The van der Waals surface area contributed by atoms with Gasteiger partial charge in [0.15, 0.2) is 6.29 Å². The molecule has 0 aromatic heterocycles. The predicted molar refractivity (Wildman–Crippen MR) is 59.3 cm³/mol. The highest BCUT2D eigenvalue weighted by molar-refractivity contribution is 4.88. The highest BCUT2D eigenvalue weighted by atomic mass is 16.7. The zero-order valence-electron chi connectivity index (χ0n) is 9.58. The Kier molecular flexibility index (Phi) is 8.94. The molecule has 0 amide bonds. The first-order chi connectivity index (χ1) is 6.79. The molecule has 84 valence electrons. The van der Waals surface area contributed by atoms with Crippen molar-refractivity contribution in [1.29, 1.82) is 0 Å². The van der Waals surface area contributed by atoms with Crippen LogP contribution in [-0.4, -0.2) is 32.1 Å². The van der Waals surface area contributed by atoms with Crippen LogP contribution < -0.4 is 5.32 Å². The quantitative estimate of drug-likeness (QED) is 0.457. The van der Waals surface area contributed by atoms with E-state index in [0.717, 1.165) is 13.0 Å². The molecule has 0 aromatic carbocycles. The molecule has 0 radical (unpaired) electrons. The van der Waals surface area contributed by atoms with Gasteiger partial charge < -0.3 is 14.8 Å². The average Bonchev–Trinajstić information content (AvgIpc) is 2.19. The minimum absolute atomic E-state index is 0.0786. The van der Waals surface area contributed by atoms with Gasteiger partial charge >= 0.3 is 0 Å². The summed E-state index contributed by atoms with van der Waals surface area (Å²) in [6, 6.07) is 0.0786. The van der Waals surface area contributed by atoms with Crippen LogP contribution in [0, 0.1) is 0 Å². The Morgan fingerprint density at radius 3 is 2.14 bits per heavy atom. The van der Waals surface area contributed by atoms with Gasteiger partial charge in [0, 0.05) is 13.2 Å². The molecule has 0 rings (SSSR count). The highest BCUT2D eigenvalue weighted by Gasteiger charge is 2.17. The molecule has 0 bridgehead atoms. The summed E-state index contributed by atoms with van der Waals surface area (Å²) in [6.45, 7) is 12.1. The van der Waals surface area contributed by atoms with E-state index in [4.69, 9.17) is 9.47 Å². The summed E-state index contributed by atoms with van der Waals surface area (Å²) in [6.07, 6.45) is 2.72. The zero-order valence-corrected chi connectivity index (χ0v) is 9.58. The number of nitrogens with one attached hydrogen (secondary N) is 1. The van der Waals surface area contributed by atoms with Gasteiger partial charge in [0.05, 0.1) is 6.04 Å². The van der Waals surface area contributed by atoms with Gasteiger partial charge in [-0.25, -0.2) is 0 Å². The van der Waals surface area contributed by atoms with Gasteiger partial charge in [-0.05, 0) is 26.8 Å². The largest absolute Gasteiger partial charge is 0.351 e. The van der Waals surface area contributed by atoms with Crippen LogP contribution in [0.15, 0.2) is 12.7 Å². The summed E-state index contributed by atoms with van der Waals surface area (Å²) in [5.74, 6) is 0. The molecule has 0 saturated carbocycles. The molecule has 0 saturated heterocycles. The minimum atomic E-state index is -0.214. The molecule has 0 aromatic rings. The third kappa shape index (κ3) is 5.37. The second kappa shape index (κ2) is 9.19. The van der Waals surface area contributed by atoms with Crippen molar-refractivity contribution >= 4 is 0 Å². The molecular formula is C11H23NO2. The minimum Gasteiger partial charge on any atom is -0.351 e. The molecule has 0 aliphatic heterocycles. The van der Waals surface area contributed by atoms with Crippen molar-refractivity contribution in [3.63, 3.8) is 0 Å². The molecule has 1 unspecified atom stereocenters. The van der Waals surface area contributed by atoms with Crippen LogP contribution in [0.25, 0.3) is 0 Å². The van der Waals surface area contributed by atoms with Crippen LogP contribution in [0.1, 0.15) is 27.2 Å². The van der Waals surface area contributed by atoms with Gasteiger partial charge in [-0.3, -0.25) is 0 Å². The lowest BCUT2D eigenvalue weighted by Crippen LogP contribution is -2.41. The maximum atomic E-state index is 5.48. The Morgan fingerprint density at radius 1 is 1.21 bits per heavy atom. The Morgan fingerprint density at radius 2 is 1.79 bits per heavy atom. The lowest BCUT2D eigenvalue weighted by molar-refractivity contribution is -0.146. The van der Waals surface area contributed by atoms with Crippen LogP contribution >= 0.6 is 0 Å². The number of rotatable bonds is 9. The maximum absolute atomic E-state index is 5.48. The van der Waals surface area contributed by atoms with Gasteiger partial charge in [0.2, 0.25) is 0 Å². The van der Waals surface area contributed by atoms with Crippen molar-refractivity contribution in [3.05, 3.63) is 12.7 Å². The molecule has 3 heteroatoms. The fourth-order valence-corrected chi connectivity index (χ4v) is 1.19. The topological polar surface area (TPSA) is 30.5 Å². The van der Waals surface area contributed by atoms with E-state index in [0.29, 0.717) is 13.2 Å². The van der Waals surface area contributed by atoms with E-state index < -0.39 is 0 Å². The molecule has 1 atom stereocenters. The Hall–Kier alpha value is -0.380. The smallest absolute Gasteiger partial charge is 0.176 e. The molecule has 0 heterocycles. The van der Waals surface area contributed by atoms with Crippen molar-refractivity contribution in [3.8, 4) is 0 Å². The fourth-order valence-electron chi connectivity index (χ4n) is 1.19. The van der Waals surface area contributed by atoms with E-state index in [1.807, 2.05) is 19.9 Å². The first kappa shape index (κ1) is 13.6. The van der Waals surface area contributed by atoms with Crippen molar-refractivity contribution in [2.45, 2.75) is 39.5 Å². The van der Waals surface area contributed by atoms with Crippen LogP contribution in [0.2, 0.25) is 0 Å². The van der Waals surface area contributed by atoms with Crippen LogP contribution in [0.4, 0.5) is 0 Å². The molecule has 0 spiro atoms. The average molecular weight is 201 g/mol. The van der Waals surface area contributed by atoms with Gasteiger partial charge in [-0.15, -0.1) is 6.58 Å². The van der Waals surface area contributed by atoms with E-state index in [1.54, 1.807) is 0 Å². The van der Waals surface area contributed by atoms with Gasteiger partial charge in [-0.1, -0.05) is 13.0 Å². The molecule has 0 aliphatic carbocycles. The molecular weight excluding hydrogens is 178 g/mol. The normalized spacial score (nSPS) is 13.1. The summed E-state index contributed by atoms with van der Waals surface area (Å²) >= 11 is 0. The third-order valence-electron chi connectivity index (χ3n) is 1.84. The lowest BCUT2D eigenvalue weighted by atomic mass is 10.2. The van der Waals surface area contributed by atoms with Crippen molar-refractivity contribution in [1.82, 2.24) is 5.32 Å². The first-order valence-corrected chi connectivity index (χ1v) is 5.39. The summed E-state index contributed by atoms with van der Waals surface area (Å²) < 4.78 is 11.0. The Balaban J connectivity index is 4.03. The van der Waals surface area contributed by atoms with Crippen LogP contribution in [0.3, 0.4) is 0 Å². The van der Waals surface area contributed by atoms with E-state index in [1.165, 1.54) is 0 Å². The Labute approximate surface area is 87.5 Å². The number of hydrogen-bond donors (Lipinski definition) is 1. The van der Waals surface area contributed by atoms with Crippen molar-refractivity contribution < 1.29 is 9.47 Å². The van der Waals surface area contributed by atoms with E-state index in [2.05, 4.69) is 18.8 Å². The molecule has 1 N–H and O–H groups in total. The predicted octanol–water partition coefficient (Wildman–Crippen LogP) is 1.94. The van der Waals surface area contributed by atoms with Crippen LogP contribution in [0.5, 0.6) is 0 Å². The SMILES string of the molecule is C=CC(NCCC)C(OCC)OCC. The van der Waals surface area contributed by atoms with Gasteiger partial charge in [0.1, 0.15) is 0 Å². The standard InChI is InChI=1S/C11H23NO2/c1-5-9-12-10(6-2)11(13-7-3)14-8-4/h6,10-12H,2,5,7-9H2,1,3-4H3. The summed E-state index contributed by atoms with van der Waals surface area (Å²) in [4.78, 5) is 0. The summed E-state index contributed by atoms with van der Waals surface area (Å²) in [5, 5.41) is 3.32. The highest BCUT2D eigenvalue weighted by Crippen LogP contribution is 2.03. The summed E-state index contributed by atoms with van der Waals surface area (Å²) in [7, 11) is 0. The first-order valence-electron chi connectivity index (χ1n) is 5.39. The monoisotopic (exact) mass is 201 g/mol. The second-order valence-corrected chi connectivity index (χ2v) is 2.99. The third-order valence-corrected chi connectivity index (χ3v) is 1.84. The zero-order chi connectivity index (χ0) is 10.8. The molecule has 14 heavy (non-hydrogen) atoms. The summed E-state index contributed by atoms with van der Waals surface area (Å²) in [5.41, 5.74) is 0. The van der Waals surface area contributed by atoms with Crippen molar-refractivity contribution in [2.24, 2.45) is 0 Å². The maximum Gasteiger partial charge on any atom is 0.176 e. The van der Waals surface area contributed by atoms with E-state index in [9.17, 15) is 0 Å². The fraction of sp³-hybridized carbons (Fsp3) is 0.818. The number of hydrogen-bond acceptors (Lipinski definition) is 3. The molecule has 0 fully saturated rings. The van der Waals surface area contributed by atoms with Crippen LogP contribution in [-0.2, 0) is 9.47 Å². The lowest BCUT2D eigenvalue weighted by Gasteiger charge is -2.24. The Bertz CT molecular complexity index is 133. The second-order valence-electron chi connectivity index (χ2n) is 2.99. The van der Waals surface area contributed by atoms with Gasteiger partial charge in [-0.2, -0.15) is 0 Å². The molecule has 3 nitrogen and oxygen atoms in total. The number of ether oxygens (including phenoxy) is 2. The van der Waals surface area contributed by atoms with E-state index in [-0.39, 0.29) is 12.3 Å². The van der Waals surface area contributed by atoms with Gasteiger partial charge in [0.25, 0.3) is 0 Å².